The van der Waals surface area contributed by atoms with Gasteiger partial charge in [0.1, 0.15) is 10.6 Å². The molecule has 17 heavy (non-hydrogen) atoms. The number of aromatic hydroxyl groups is 1. The zero-order valence-electron chi connectivity index (χ0n) is 9.01. The van der Waals surface area contributed by atoms with Crippen molar-refractivity contribution in [2.24, 2.45) is 0 Å². The molecule has 0 atom stereocenters. The van der Waals surface area contributed by atoms with Crippen LogP contribution in [0.5, 0.6) is 5.75 Å². The Bertz CT molecular complexity index is 707. The molecule has 0 amide bonds. The molecule has 0 aromatic heterocycles. The van der Waals surface area contributed by atoms with E-state index in [1.54, 1.807) is 18.2 Å². The van der Waals surface area contributed by atoms with Crippen molar-refractivity contribution < 1.29 is 18.1 Å². The first kappa shape index (κ1) is 11.7. The molecule has 2 aromatic carbocycles. The number of rotatable bonds is 1. The van der Waals surface area contributed by atoms with E-state index in [9.17, 15) is 13.5 Å². The van der Waals surface area contributed by atoms with Gasteiger partial charge in [-0.3, -0.25) is 4.55 Å². The normalized spacial score (nSPS) is 11.9. The van der Waals surface area contributed by atoms with Gasteiger partial charge in [-0.25, -0.2) is 0 Å². The van der Waals surface area contributed by atoms with E-state index in [1.807, 2.05) is 6.92 Å². The van der Waals surface area contributed by atoms with E-state index in [4.69, 9.17) is 10.3 Å². The molecule has 0 aliphatic carbocycles. The molecule has 5 nitrogen and oxygen atoms in total. The summed E-state index contributed by atoms with van der Waals surface area (Å²) in [5.74, 6) is -0.334. The van der Waals surface area contributed by atoms with Gasteiger partial charge in [-0.15, -0.1) is 0 Å². The molecule has 2 rings (SSSR count). The minimum absolute atomic E-state index is 0.334. The molecule has 0 aliphatic rings. The largest absolute Gasteiger partial charge is 0.505 e. The molecule has 0 heterocycles. The predicted molar refractivity (Wildman–Crippen MR) is 64.6 cm³/mol. The topological polar surface area (TPSA) is 101 Å². The maximum atomic E-state index is 11.1. The molecular weight excluding hydrogens is 242 g/mol. The van der Waals surface area contributed by atoms with Crippen molar-refractivity contribution >= 4 is 26.6 Å². The van der Waals surface area contributed by atoms with Gasteiger partial charge in [0, 0.05) is 5.39 Å². The van der Waals surface area contributed by atoms with Crippen molar-refractivity contribution in [2.45, 2.75) is 11.8 Å². The maximum absolute atomic E-state index is 11.1. The molecule has 90 valence electrons. The lowest BCUT2D eigenvalue weighted by Crippen LogP contribution is -2.03. The second kappa shape index (κ2) is 3.61. The first-order valence-electron chi connectivity index (χ1n) is 4.80. The average Bonchev–Trinajstić information content (AvgIpc) is 2.22. The number of nitrogens with two attached hydrogens (primary N) is 1. The van der Waals surface area contributed by atoms with Crippen molar-refractivity contribution in [2.75, 3.05) is 5.73 Å². The summed E-state index contributed by atoms with van der Waals surface area (Å²) in [6, 6.07) is 6.35. The highest BCUT2D eigenvalue weighted by Crippen LogP contribution is 2.36. The average molecular weight is 253 g/mol. The van der Waals surface area contributed by atoms with Gasteiger partial charge in [0.25, 0.3) is 10.1 Å². The third-order valence-corrected chi connectivity index (χ3v) is 3.44. The van der Waals surface area contributed by atoms with Crippen LogP contribution < -0.4 is 5.73 Å². The van der Waals surface area contributed by atoms with Gasteiger partial charge in [0.15, 0.2) is 0 Å². The highest BCUT2D eigenvalue weighted by Gasteiger charge is 2.19. The molecule has 0 radical (unpaired) electrons. The molecule has 0 aliphatic heterocycles. The van der Waals surface area contributed by atoms with E-state index in [-0.39, 0.29) is 11.4 Å². The molecule has 0 unspecified atom stereocenters. The van der Waals surface area contributed by atoms with E-state index < -0.39 is 15.0 Å². The molecule has 6 heteroatoms. The highest BCUT2D eigenvalue weighted by atomic mass is 32.2. The smallest absolute Gasteiger partial charge is 0.296 e. The Morgan fingerprint density at radius 1 is 1.24 bits per heavy atom. The van der Waals surface area contributed by atoms with E-state index in [0.717, 1.165) is 5.56 Å². The van der Waals surface area contributed by atoms with Gasteiger partial charge < -0.3 is 10.8 Å². The van der Waals surface area contributed by atoms with Crippen LogP contribution in [0.3, 0.4) is 0 Å². The lowest BCUT2D eigenvalue weighted by molar-refractivity contribution is 0.473. The first-order chi connectivity index (χ1) is 7.80. The van der Waals surface area contributed by atoms with Gasteiger partial charge in [0.05, 0.1) is 5.69 Å². The molecule has 0 bridgehead atoms. The van der Waals surface area contributed by atoms with Crippen LogP contribution in [0.1, 0.15) is 5.56 Å². The lowest BCUT2D eigenvalue weighted by atomic mass is 10.1. The summed E-state index contributed by atoms with van der Waals surface area (Å²) in [5, 5.41) is 10.8. The Balaban J connectivity index is 2.94. The molecule has 0 fully saturated rings. The summed E-state index contributed by atoms with van der Waals surface area (Å²) in [4.78, 5) is -0.480. The maximum Gasteiger partial charge on any atom is 0.296 e. The number of benzene rings is 2. The Morgan fingerprint density at radius 3 is 2.47 bits per heavy atom. The van der Waals surface area contributed by atoms with Crippen molar-refractivity contribution in [3.8, 4) is 5.75 Å². The monoisotopic (exact) mass is 253 g/mol. The predicted octanol–water partition coefficient (Wildman–Crippen LogP) is 1.68. The fourth-order valence-electron chi connectivity index (χ4n) is 1.70. The third-order valence-electron chi connectivity index (χ3n) is 2.55. The van der Waals surface area contributed by atoms with Crippen LogP contribution in [0.4, 0.5) is 5.69 Å². The zero-order chi connectivity index (χ0) is 12.8. The van der Waals surface area contributed by atoms with Gasteiger partial charge in [0.2, 0.25) is 0 Å². The second-order valence-electron chi connectivity index (χ2n) is 3.84. The second-order valence-corrected chi connectivity index (χ2v) is 5.23. The van der Waals surface area contributed by atoms with Crippen molar-refractivity contribution in [1.29, 1.82) is 0 Å². The van der Waals surface area contributed by atoms with Gasteiger partial charge in [-0.1, -0.05) is 17.7 Å². The summed E-state index contributed by atoms with van der Waals surface area (Å²) in [5.41, 5.74) is 6.06. The molecule has 0 saturated heterocycles. The summed E-state index contributed by atoms with van der Waals surface area (Å²) in [7, 11) is -4.44. The van der Waals surface area contributed by atoms with Crippen molar-refractivity contribution in [3.05, 3.63) is 29.8 Å². The Morgan fingerprint density at radius 2 is 1.88 bits per heavy atom. The van der Waals surface area contributed by atoms with Crippen LogP contribution in [0.25, 0.3) is 10.8 Å². The van der Waals surface area contributed by atoms with Crippen molar-refractivity contribution in [1.82, 2.24) is 0 Å². The summed E-state index contributed by atoms with van der Waals surface area (Å²) >= 11 is 0. The van der Waals surface area contributed by atoms with E-state index in [1.165, 1.54) is 6.07 Å². The summed E-state index contributed by atoms with van der Waals surface area (Å²) < 4.78 is 31.2. The zero-order valence-corrected chi connectivity index (χ0v) is 9.82. The van der Waals surface area contributed by atoms with Crippen LogP contribution in [-0.2, 0) is 10.1 Å². The highest BCUT2D eigenvalue weighted by molar-refractivity contribution is 7.86. The first-order valence-corrected chi connectivity index (χ1v) is 6.24. The van der Waals surface area contributed by atoms with Crippen molar-refractivity contribution in [3.63, 3.8) is 0 Å². The van der Waals surface area contributed by atoms with Crippen LogP contribution in [0.2, 0.25) is 0 Å². The fraction of sp³-hybridized carbons (Fsp3) is 0.0909. The Hall–Kier alpha value is -1.79. The van der Waals surface area contributed by atoms with Gasteiger partial charge in [-0.2, -0.15) is 8.42 Å². The standard InChI is InChI=1S/C11H11NO4S/c1-6-2-3-7-5-9(17(14,15)16)10(12)11(13)8(7)4-6/h2-5,13H,12H2,1H3,(H,14,15,16). The molecule has 0 saturated carbocycles. The molecule has 0 spiro atoms. The number of aryl methyl sites for hydroxylation is 1. The van der Waals surface area contributed by atoms with E-state index in [0.29, 0.717) is 10.8 Å². The van der Waals surface area contributed by atoms with Gasteiger partial charge >= 0.3 is 0 Å². The number of phenolic OH excluding ortho intramolecular Hbond substituents is 1. The van der Waals surface area contributed by atoms with Crippen LogP contribution in [0.15, 0.2) is 29.2 Å². The summed E-state index contributed by atoms with van der Waals surface area (Å²) in [6.45, 7) is 1.84. The Labute approximate surface area is 98.2 Å². The quantitative estimate of drug-likeness (QED) is 0.408. The van der Waals surface area contributed by atoms with Crippen LogP contribution >= 0.6 is 0 Å². The Kier molecular flexibility index (Phi) is 2.48. The molecular formula is C11H11NO4S. The number of hydrogen-bond donors (Lipinski definition) is 3. The number of hydrogen-bond acceptors (Lipinski definition) is 4. The fourth-order valence-corrected chi connectivity index (χ4v) is 2.35. The summed E-state index contributed by atoms with van der Waals surface area (Å²) in [6.07, 6.45) is 0. The molecule has 4 N–H and O–H groups in total. The van der Waals surface area contributed by atoms with Crippen LogP contribution in [-0.4, -0.2) is 18.1 Å². The van der Waals surface area contributed by atoms with Crippen LogP contribution in [0, 0.1) is 6.92 Å². The minimum Gasteiger partial charge on any atom is -0.505 e. The number of phenols is 1. The van der Waals surface area contributed by atoms with E-state index >= 15 is 0 Å². The SMILES string of the molecule is Cc1ccc2cc(S(=O)(=O)O)c(N)c(O)c2c1. The van der Waals surface area contributed by atoms with E-state index in [2.05, 4.69) is 0 Å². The third kappa shape index (κ3) is 1.92. The number of fused-ring (bicyclic) bond motifs is 1. The van der Waals surface area contributed by atoms with Gasteiger partial charge in [-0.05, 0) is 24.4 Å². The minimum atomic E-state index is -4.44. The number of anilines is 1. The number of nitrogen functional groups attached to an aromatic ring is 1. The lowest BCUT2D eigenvalue weighted by Gasteiger charge is -2.09. The molecule has 2 aromatic rings.